The fourth-order valence-corrected chi connectivity index (χ4v) is 5.59. The predicted octanol–water partition coefficient (Wildman–Crippen LogP) is 4.88. The van der Waals surface area contributed by atoms with Gasteiger partial charge in [0, 0.05) is 49.6 Å². The smallest absolute Gasteiger partial charge is 0.241 e. The molecule has 5 rings (SSSR count). The number of rotatable bonds is 7. The molecular formula is C28H40N6O2. The number of hydrogen-bond donors (Lipinski definition) is 2. The summed E-state index contributed by atoms with van der Waals surface area (Å²) in [5.74, 6) is 1.99. The molecule has 36 heavy (non-hydrogen) atoms. The van der Waals surface area contributed by atoms with Gasteiger partial charge < -0.3 is 20.1 Å². The van der Waals surface area contributed by atoms with Gasteiger partial charge in [0.05, 0.1) is 24.4 Å². The van der Waals surface area contributed by atoms with E-state index in [1.165, 1.54) is 18.5 Å². The number of methoxy groups -OCH3 is 1. The van der Waals surface area contributed by atoms with Gasteiger partial charge in [-0.05, 0) is 74.6 Å². The second-order valence-electron chi connectivity index (χ2n) is 11.4. The van der Waals surface area contributed by atoms with E-state index in [1.807, 2.05) is 12.4 Å². The first-order chi connectivity index (χ1) is 17.3. The highest BCUT2D eigenvalue weighted by Crippen LogP contribution is 2.38. The van der Waals surface area contributed by atoms with E-state index in [2.05, 4.69) is 58.7 Å². The van der Waals surface area contributed by atoms with E-state index in [1.54, 1.807) is 7.11 Å². The Balaban J connectivity index is 1.51. The number of ether oxygens (including phenoxy) is 1. The molecular weight excluding hydrogens is 452 g/mol. The van der Waals surface area contributed by atoms with Crippen molar-refractivity contribution < 1.29 is 9.84 Å². The summed E-state index contributed by atoms with van der Waals surface area (Å²) in [6.45, 7) is 9.42. The van der Waals surface area contributed by atoms with E-state index in [-0.39, 0.29) is 12.1 Å². The standard InChI is InChI=1S/C28H40N6O2/c1-19(18-36-4)31-27-30-17-25-23(16-24(34(25)32-27)20-5-7-22(35)8-6-20)21-9-12-29-26(15-21)33-13-10-28(2,3)11-14-33/h9,12,15-17,19-20,22,35H,5-8,10-11,13-14,18H2,1-4H3,(H,31,32)/t19-,20?,22?/m0/s1. The molecule has 1 saturated carbocycles. The largest absolute Gasteiger partial charge is 0.393 e. The van der Waals surface area contributed by atoms with Gasteiger partial charge in [-0.3, -0.25) is 0 Å². The van der Waals surface area contributed by atoms with E-state index < -0.39 is 0 Å². The second kappa shape index (κ2) is 10.3. The number of aromatic nitrogens is 4. The highest BCUT2D eigenvalue weighted by atomic mass is 16.5. The van der Waals surface area contributed by atoms with E-state index in [4.69, 9.17) is 14.8 Å². The molecule has 2 fully saturated rings. The molecule has 3 aromatic rings. The van der Waals surface area contributed by atoms with Gasteiger partial charge in [0.15, 0.2) is 0 Å². The number of nitrogens with zero attached hydrogens (tertiary/aromatic N) is 5. The Hall–Kier alpha value is -2.71. The quantitative estimate of drug-likeness (QED) is 0.486. The van der Waals surface area contributed by atoms with Crippen LogP contribution in [0.15, 0.2) is 30.6 Å². The molecule has 194 valence electrons. The molecule has 2 N–H and O–H groups in total. The van der Waals surface area contributed by atoms with Crippen molar-refractivity contribution in [3.63, 3.8) is 0 Å². The van der Waals surface area contributed by atoms with Crippen LogP contribution < -0.4 is 10.2 Å². The van der Waals surface area contributed by atoms with Gasteiger partial charge in [-0.1, -0.05) is 13.8 Å². The van der Waals surface area contributed by atoms with Gasteiger partial charge in [0.25, 0.3) is 0 Å². The zero-order valence-corrected chi connectivity index (χ0v) is 22.1. The summed E-state index contributed by atoms with van der Waals surface area (Å²) in [6, 6.07) is 6.70. The Morgan fingerprint density at radius 1 is 1.14 bits per heavy atom. The van der Waals surface area contributed by atoms with Crippen LogP contribution in [-0.4, -0.2) is 63.6 Å². The molecule has 3 aromatic heterocycles. The van der Waals surface area contributed by atoms with Crippen LogP contribution in [0.4, 0.5) is 11.8 Å². The molecule has 8 nitrogen and oxygen atoms in total. The average Bonchev–Trinajstić information content (AvgIpc) is 3.23. The zero-order valence-electron chi connectivity index (χ0n) is 22.1. The van der Waals surface area contributed by atoms with Crippen LogP contribution in [0.3, 0.4) is 0 Å². The topological polar surface area (TPSA) is 87.8 Å². The van der Waals surface area contributed by atoms with Gasteiger partial charge in [0.1, 0.15) is 5.82 Å². The third-order valence-electron chi connectivity index (χ3n) is 7.95. The van der Waals surface area contributed by atoms with Gasteiger partial charge in [-0.15, -0.1) is 5.10 Å². The van der Waals surface area contributed by atoms with Gasteiger partial charge in [0.2, 0.25) is 5.95 Å². The number of hydrogen-bond acceptors (Lipinski definition) is 7. The maximum atomic E-state index is 10.1. The maximum Gasteiger partial charge on any atom is 0.241 e. The SMILES string of the molecule is COC[C@H](C)Nc1ncc2c(-c3ccnc(N4CCC(C)(C)CC4)c3)cc(C3CCC(O)CC3)n2n1. The lowest BCUT2D eigenvalue weighted by atomic mass is 9.83. The lowest BCUT2D eigenvalue weighted by molar-refractivity contribution is 0.121. The first-order valence-electron chi connectivity index (χ1n) is 13.4. The summed E-state index contributed by atoms with van der Waals surface area (Å²) >= 11 is 0. The molecule has 0 amide bonds. The minimum absolute atomic E-state index is 0.105. The molecule has 1 aliphatic heterocycles. The molecule has 2 aliphatic rings. The van der Waals surface area contributed by atoms with Crippen molar-refractivity contribution in [1.29, 1.82) is 0 Å². The molecule has 0 radical (unpaired) electrons. The molecule has 1 saturated heterocycles. The normalized spacial score (nSPS) is 23.1. The Labute approximate surface area is 214 Å². The minimum Gasteiger partial charge on any atom is -0.393 e. The Kier molecular flexibility index (Phi) is 7.17. The number of fused-ring (bicyclic) bond motifs is 1. The van der Waals surface area contributed by atoms with Crippen molar-refractivity contribution >= 4 is 17.3 Å². The van der Waals surface area contributed by atoms with E-state index in [0.717, 1.165) is 61.2 Å². The van der Waals surface area contributed by atoms with Gasteiger partial charge >= 0.3 is 0 Å². The molecule has 0 unspecified atom stereocenters. The highest BCUT2D eigenvalue weighted by Gasteiger charge is 2.28. The highest BCUT2D eigenvalue weighted by molar-refractivity contribution is 5.82. The monoisotopic (exact) mass is 492 g/mol. The number of aliphatic hydroxyl groups excluding tert-OH is 1. The van der Waals surface area contributed by atoms with E-state index in [9.17, 15) is 5.11 Å². The lowest BCUT2D eigenvalue weighted by Gasteiger charge is -2.37. The number of piperidine rings is 1. The Morgan fingerprint density at radius 3 is 2.61 bits per heavy atom. The minimum atomic E-state index is -0.189. The summed E-state index contributed by atoms with van der Waals surface area (Å²) in [5, 5.41) is 18.4. The molecule has 0 spiro atoms. The molecule has 0 bridgehead atoms. The molecule has 1 aliphatic carbocycles. The maximum absolute atomic E-state index is 10.1. The van der Waals surface area contributed by atoms with Crippen LogP contribution in [0, 0.1) is 5.41 Å². The lowest BCUT2D eigenvalue weighted by Crippen LogP contribution is -2.37. The summed E-state index contributed by atoms with van der Waals surface area (Å²) in [5.41, 5.74) is 4.86. The predicted molar refractivity (Wildman–Crippen MR) is 144 cm³/mol. The number of aliphatic hydroxyl groups is 1. The van der Waals surface area contributed by atoms with Crippen molar-refractivity contribution in [1.82, 2.24) is 19.6 Å². The second-order valence-corrected chi connectivity index (χ2v) is 11.4. The van der Waals surface area contributed by atoms with Gasteiger partial charge in [-0.2, -0.15) is 0 Å². The van der Waals surface area contributed by atoms with Crippen molar-refractivity contribution in [2.24, 2.45) is 5.41 Å². The fourth-order valence-electron chi connectivity index (χ4n) is 5.59. The third kappa shape index (κ3) is 5.34. The van der Waals surface area contributed by atoms with E-state index in [0.29, 0.717) is 23.9 Å². The van der Waals surface area contributed by atoms with Crippen LogP contribution in [0.2, 0.25) is 0 Å². The summed E-state index contributed by atoms with van der Waals surface area (Å²) in [4.78, 5) is 11.8. The molecule has 8 heteroatoms. The zero-order chi connectivity index (χ0) is 25.3. The first kappa shape index (κ1) is 25.0. The van der Waals surface area contributed by atoms with E-state index >= 15 is 0 Å². The number of nitrogens with one attached hydrogen (secondary N) is 1. The number of anilines is 2. The van der Waals surface area contributed by atoms with Gasteiger partial charge in [-0.25, -0.2) is 14.5 Å². The van der Waals surface area contributed by atoms with Crippen LogP contribution in [0.1, 0.15) is 70.9 Å². The Morgan fingerprint density at radius 2 is 1.89 bits per heavy atom. The van der Waals surface area contributed by atoms with Crippen LogP contribution >= 0.6 is 0 Å². The molecule has 4 heterocycles. The third-order valence-corrected chi connectivity index (χ3v) is 7.95. The number of pyridine rings is 1. The molecule has 0 aromatic carbocycles. The van der Waals surface area contributed by atoms with Crippen LogP contribution in [0.5, 0.6) is 0 Å². The van der Waals surface area contributed by atoms with Crippen LogP contribution in [-0.2, 0) is 4.74 Å². The summed E-state index contributed by atoms with van der Waals surface area (Å²) < 4.78 is 7.33. The van der Waals surface area contributed by atoms with Crippen LogP contribution in [0.25, 0.3) is 16.6 Å². The summed E-state index contributed by atoms with van der Waals surface area (Å²) in [7, 11) is 1.70. The van der Waals surface area contributed by atoms with Crippen molar-refractivity contribution in [2.75, 3.05) is 37.0 Å². The first-order valence-corrected chi connectivity index (χ1v) is 13.4. The summed E-state index contributed by atoms with van der Waals surface area (Å²) in [6.07, 6.45) is 9.61. The fraction of sp³-hybridized carbons (Fsp3) is 0.607. The van der Waals surface area contributed by atoms with Crippen molar-refractivity contribution in [3.05, 3.63) is 36.3 Å². The van der Waals surface area contributed by atoms with Crippen molar-refractivity contribution in [2.45, 2.75) is 77.4 Å². The average molecular weight is 493 g/mol. The Bertz CT molecular complexity index is 1170. The van der Waals surface area contributed by atoms with Crippen molar-refractivity contribution in [3.8, 4) is 11.1 Å². The molecule has 1 atom stereocenters.